The van der Waals surface area contributed by atoms with E-state index in [-0.39, 0.29) is 5.75 Å². The van der Waals surface area contributed by atoms with E-state index < -0.39 is 11.9 Å². The number of hydrogen-bond donors (Lipinski definition) is 1. The lowest BCUT2D eigenvalue weighted by atomic mass is 9.98. The number of aromatic nitrogens is 2. The topological polar surface area (TPSA) is 53.1 Å². The third kappa shape index (κ3) is 2.46. The van der Waals surface area contributed by atoms with Crippen molar-refractivity contribution in [3.8, 4) is 5.75 Å². The average molecular weight is 263 g/mol. The average Bonchev–Trinajstić information content (AvgIpc) is 2.79. The van der Waals surface area contributed by atoms with Crippen LogP contribution in [0.25, 0.3) is 0 Å². The molecule has 2 aromatic rings. The summed E-state index contributed by atoms with van der Waals surface area (Å²) in [7, 11) is 3.27. The van der Waals surface area contributed by atoms with Crippen LogP contribution < -0.4 is 10.5 Å². The summed E-state index contributed by atoms with van der Waals surface area (Å²) in [5.41, 5.74) is 8.33. The van der Waals surface area contributed by atoms with Gasteiger partial charge >= 0.3 is 0 Å². The molecule has 4 nitrogen and oxygen atoms in total. The van der Waals surface area contributed by atoms with Crippen LogP contribution in [0.3, 0.4) is 0 Å². The number of halogens is 1. The van der Waals surface area contributed by atoms with Crippen LogP contribution in [0, 0.1) is 5.82 Å². The molecule has 0 saturated carbocycles. The number of ether oxygens (including phenoxy) is 1. The number of benzene rings is 1. The highest BCUT2D eigenvalue weighted by Gasteiger charge is 2.20. The van der Waals surface area contributed by atoms with Crippen molar-refractivity contribution >= 4 is 0 Å². The molecule has 0 bridgehead atoms. The molecule has 1 unspecified atom stereocenters. The van der Waals surface area contributed by atoms with Crippen LogP contribution in [-0.2, 0) is 13.5 Å². The van der Waals surface area contributed by atoms with E-state index >= 15 is 0 Å². The van der Waals surface area contributed by atoms with E-state index in [1.54, 1.807) is 22.9 Å². The van der Waals surface area contributed by atoms with Gasteiger partial charge in [-0.15, -0.1) is 0 Å². The Hall–Kier alpha value is -1.88. The summed E-state index contributed by atoms with van der Waals surface area (Å²) in [6, 6.07) is 4.45. The first kappa shape index (κ1) is 13.5. The summed E-state index contributed by atoms with van der Waals surface area (Å²) in [6.07, 6.45) is 2.60. The first-order valence-electron chi connectivity index (χ1n) is 6.18. The molecular weight excluding hydrogens is 245 g/mol. The predicted molar refractivity (Wildman–Crippen MR) is 71.6 cm³/mol. The minimum absolute atomic E-state index is 0.204. The van der Waals surface area contributed by atoms with Crippen LogP contribution >= 0.6 is 0 Å². The van der Waals surface area contributed by atoms with Crippen molar-refractivity contribution in [1.29, 1.82) is 0 Å². The fourth-order valence-corrected chi connectivity index (χ4v) is 2.18. The molecule has 1 heterocycles. The molecule has 0 aliphatic carbocycles. The van der Waals surface area contributed by atoms with Gasteiger partial charge in [-0.25, -0.2) is 4.39 Å². The fraction of sp³-hybridized carbons (Fsp3) is 0.357. The summed E-state index contributed by atoms with van der Waals surface area (Å²) < 4.78 is 20.9. The zero-order valence-corrected chi connectivity index (χ0v) is 11.4. The third-order valence-corrected chi connectivity index (χ3v) is 3.16. The Morgan fingerprint density at radius 2 is 2.16 bits per heavy atom. The molecule has 0 fully saturated rings. The molecule has 0 saturated heterocycles. The molecule has 0 aliphatic heterocycles. The van der Waals surface area contributed by atoms with Crippen LogP contribution in [-0.4, -0.2) is 16.9 Å². The molecule has 5 heteroatoms. The van der Waals surface area contributed by atoms with Crippen LogP contribution in [0.5, 0.6) is 5.75 Å². The Kier molecular flexibility index (Phi) is 3.85. The zero-order chi connectivity index (χ0) is 14.0. The Bertz CT molecular complexity index is 580. The molecule has 0 amide bonds. The van der Waals surface area contributed by atoms with Crippen LogP contribution in [0.2, 0.25) is 0 Å². The van der Waals surface area contributed by atoms with Gasteiger partial charge in [0.1, 0.15) is 0 Å². The molecule has 102 valence electrons. The van der Waals surface area contributed by atoms with Gasteiger partial charge in [-0.2, -0.15) is 5.10 Å². The Morgan fingerprint density at radius 3 is 2.79 bits per heavy atom. The van der Waals surface area contributed by atoms with Crippen LogP contribution in [0.1, 0.15) is 29.8 Å². The SMILES string of the molecule is CCc1nn(C)cc1C(N)c1cccc(OC)c1F. The number of methoxy groups -OCH3 is 1. The first-order chi connectivity index (χ1) is 9.08. The largest absolute Gasteiger partial charge is 0.494 e. The normalized spacial score (nSPS) is 12.5. The monoisotopic (exact) mass is 263 g/mol. The highest BCUT2D eigenvalue weighted by Crippen LogP contribution is 2.29. The van der Waals surface area contributed by atoms with Crippen molar-refractivity contribution in [2.24, 2.45) is 12.8 Å². The predicted octanol–water partition coefficient (Wildman–Crippen LogP) is 2.18. The van der Waals surface area contributed by atoms with Crippen molar-refractivity contribution in [2.75, 3.05) is 7.11 Å². The summed E-state index contributed by atoms with van der Waals surface area (Å²) in [5, 5.41) is 4.33. The van der Waals surface area contributed by atoms with Crippen molar-refractivity contribution in [3.05, 3.63) is 47.0 Å². The third-order valence-electron chi connectivity index (χ3n) is 3.16. The van der Waals surface area contributed by atoms with Gasteiger partial charge in [0.2, 0.25) is 0 Å². The van der Waals surface area contributed by atoms with Crippen molar-refractivity contribution in [2.45, 2.75) is 19.4 Å². The number of rotatable bonds is 4. The number of nitrogens with zero attached hydrogens (tertiary/aromatic N) is 2. The maximum atomic E-state index is 14.2. The molecule has 19 heavy (non-hydrogen) atoms. The quantitative estimate of drug-likeness (QED) is 0.919. The second kappa shape index (κ2) is 5.40. The van der Waals surface area contributed by atoms with E-state index in [1.807, 2.05) is 20.2 Å². The van der Waals surface area contributed by atoms with Gasteiger partial charge in [0.25, 0.3) is 0 Å². The molecule has 0 aliphatic rings. The van der Waals surface area contributed by atoms with E-state index in [0.717, 1.165) is 17.7 Å². The van der Waals surface area contributed by atoms with Gasteiger partial charge < -0.3 is 10.5 Å². The van der Waals surface area contributed by atoms with Crippen molar-refractivity contribution < 1.29 is 9.13 Å². The minimum atomic E-state index is -0.543. The minimum Gasteiger partial charge on any atom is -0.494 e. The molecule has 0 radical (unpaired) electrons. The fourth-order valence-electron chi connectivity index (χ4n) is 2.18. The van der Waals surface area contributed by atoms with E-state index in [4.69, 9.17) is 10.5 Å². The van der Waals surface area contributed by atoms with Crippen LogP contribution in [0.4, 0.5) is 4.39 Å². The Morgan fingerprint density at radius 1 is 1.42 bits per heavy atom. The van der Waals surface area contributed by atoms with Crippen molar-refractivity contribution in [1.82, 2.24) is 9.78 Å². The van der Waals surface area contributed by atoms with Gasteiger partial charge in [-0.3, -0.25) is 4.68 Å². The highest BCUT2D eigenvalue weighted by molar-refractivity contribution is 5.38. The van der Waals surface area contributed by atoms with Gasteiger partial charge in [0.05, 0.1) is 18.8 Å². The van der Waals surface area contributed by atoms with E-state index in [9.17, 15) is 4.39 Å². The van der Waals surface area contributed by atoms with Crippen molar-refractivity contribution in [3.63, 3.8) is 0 Å². The van der Waals surface area contributed by atoms with Gasteiger partial charge in [0.15, 0.2) is 11.6 Å². The lowest BCUT2D eigenvalue weighted by molar-refractivity contribution is 0.383. The standard InChI is InChI=1S/C14H18FN3O/c1-4-11-10(8-18(2)17-11)14(16)9-6-5-7-12(19-3)13(9)15/h5-8,14H,4,16H2,1-3H3. The number of hydrogen-bond acceptors (Lipinski definition) is 3. The van der Waals surface area contributed by atoms with E-state index in [0.29, 0.717) is 5.56 Å². The summed E-state index contributed by atoms with van der Waals surface area (Å²) in [4.78, 5) is 0. The summed E-state index contributed by atoms with van der Waals surface area (Å²) >= 11 is 0. The molecule has 1 aromatic carbocycles. The Balaban J connectivity index is 2.46. The molecule has 2 N–H and O–H groups in total. The van der Waals surface area contributed by atoms with Gasteiger partial charge in [-0.1, -0.05) is 19.1 Å². The maximum absolute atomic E-state index is 14.2. The second-order valence-corrected chi connectivity index (χ2v) is 4.40. The summed E-state index contributed by atoms with van der Waals surface area (Å²) in [5.74, 6) is -0.210. The molecule has 2 rings (SSSR count). The molecule has 1 atom stereocenters. The number of aryl methyl sites for hydroxylation is 2. The first-order valence-corrected chi connectivity index (χ1v) is 6.18. The second-order valence-electron chi connectivity index (χ2n) is 4.40. The zero-order valence-electron chi connectivity index (χ0n) is 11.4. The van der Waals surface area contributed by atoms with Gasteiger partial charge in [0, 0.05) is 24.4 Å². The summed E-state index contributed by atoms with van der Waals surface area (Å²) in [6.45, 7) is 2.00. The molecular formula is C14H18FN3O. The maximum Gasteiger partial charge on any atom is 0.170 e. The Labute approximate surface area is 112 Å². The van der Waals surface area contributed by atoms with Gasteiger partial charge in [-0.05, 0) is 12.5 Å². The van der Waals surface area contributed by atoms with E-state index in [2.05, 4.69) is 5.10 Å². The van der Waals surface area contributed by atoms with E-state index in [1.165, 1.54) is 7.11 Å². The smallest absolute Gasteiger partial charge is 0.170 e. The van der Waals surface area contributed by atoms with Crippen LogP contribution in [0.15, 0.2) is 24.4 Å². The highest BCUT2D eigenvalue weighted by atomic mass is 19.1. The molecule has 1 aromatic heterocycles. The lowest BCUT2D eigenvalue weighted by Gasteiger charge is -2.14. The number of nitrogens with two attached hydrogens (primary N) is 1. The lowest BCUT2D eigenvalue weighted by Crippen LogP contribution is -2.15. The molecule has 0 spiro atoms.